The maximum atomic E-state index is 14.2. The third-order valence-electron chi connectivity index (χ3n) is 7.62. The number of anilines is 1. The van der Waals surface area contributed by atoms with Crippen LogP contribution in [0.15, 0.2) is 58.6 Å². The topological polar surface area (TPSA) is 148 Å². The van der Waals surface area contributed by atoms with Gasteiger partial charge in [0.05, 0.1) is 33.9 Å². The Morgan fingerprint density at radius 2 is 1.86 bits per heavy atom. The molecule has 0 aromatic heterocycles. The van der Waals surface area contributed by atoms with Crippen LogP contribution in [0.3, 0.4) is 0 Å². The SMILES string of the molecule is CS(=O)(=O)c1cc(C#N)ccc1[C@@H]1C2=C(CCC2=O)N(c2cccc(C(F)(F)F)c2)C(=O)N1C(=O)N[C@H]1CC[C@H](O)C1. The first kappa shape index (κ1) is 29.3. The highest BCUT2D eigenvalue weighted by Gasteiger charge is 2.50. The molecule has 220 valence electrons. The number of hydrogen-bond donors (Lipinski definition) is 2. The number of imide groups is 1. The lowest BCUT2D eigenvalue weighted by atomic mass is 9.92. The lowest BCUT2D eigenvalue weighted by Crippen LogP contribution is -2.56. The van der Waals surface area contributed by atoms with Crippen LogP contribution in [0, 0.1) is 11.3 Å². The molecule has 2 aromatic rings. The van der Waals surface area contributed by atoms with Gasteiger partial charge in [-0.05, 0) is 61.6 Å². The first-order valence-electron chi connectivity index (χ1n) is 13.0. The van der Waals surface area contributed by atoms with Crippen molar-refractivity contribution in [2.24, 2.45) is 0 Å². The van der Waals surface area contributed by atoms with Crippen LogP contribution in [0.2, 0.25) is 0 Å². The number of nitrogens with zero attached hydrogens (tertiary/aromatic N) is 3. The molecule has 1 heterocycles. The molecule has 1 aliphatic heterocycles. The third-order valence-corrected chi connectivity index (χ3v) is 8.77. The van der Waals surface area contributed by atoms with Gasteiger partial charge in [0.15, 0.2) is 15.6 Å². The largest absolute Gasteiger partial charge is 0.416 e. The number of carbonyl (C=O) groups is 3. The molecule has 0 saturated heterocycles. The van der Waals surface area contributed by atoms with Crippen molar-refractivity contribution in [3.8, 4) is 6.07 Å². The Balaban J connectivity index is 1.74. The number of rotatable bonds is 4. The average Bonchev–Trinajstić information content (AvgIpc) is 3.51. The maximum Gasteiger partial charge on any atom is 0.416 e. The van der Waals surface area contributed by atoms with Crippen LogP contribution in [-0.2, 0) is 20.8 Å². The molecule has 3 atom stereocenters. The minimum Gasteiger partial charge on any atom is -0.393 e. The van der Waals surface area contributed by atoms with Gasteiger partial charge in [0.2, 0.25) is 0 Å². The summed E-state index contributed by atoms with van der Waals surface area (Å²) in [6.45, 7) is 0. The number of sulfone groups is 1. The normalized spacial score (nSPS) is 22.8. The maximum absolute atomic E-state index is 14.2. The van der Waals surface area contributed by atoms with Crippen LogP contribution in [0.4, 0.5) is 28.4 Å². The quantitative estimate of drug-likeness (QED) is 0.533. The van der Waals surface area contributed by atoms with Gasteiger partial charge < -0.3 is 10.4 Å². The van der Waals surface area contributed by atoms with Gasteiger partial charge in [-0.1, -0.05) is 12.1 Å². The molecule has 14 heteroatoms. The molecule has 4 amide bonds. The predicted octanol–water partition coefficient (Wildman–Crippen LogP) is 4.20. The Morgan fingerprint density at radius 1 is 1.12 bits per heavy atom. The van der Waals surface area contributed by atoms with Crippen LogP contribution >= 0.6 is 0 Å². The molecule has 1 saturated carbocycles. The van der Waals surface area contributed by atoms with Gasteiger partial charge in [0, 0.05) is 30.0 Å². The third kappa shape index (κ3) is 5.25. The molecule has 0 bridgehead atoms. The van der Waals surface area contributed by atoms with E-state index in [0.717, 1.165) is 35.4 Å². The van der Waals surface area contributed by atoms with E-state index < -0.39 is 57.6 Å². The number of aliphatic hydroxyl groups excluding tert-OH is 1. The number of benzene rings is 2. The van der Waals surface area contributed by atoms with Gasteiger partial charge in [-0.3, -0.25) is 9.69 Å². The van der Waals surface area contributed by atoms with Gasteiger partial charge >= 0.3 is 18.2 Å². The van der Waals surface area contributed by atoms with Crippen LogP contribution < -0.4 is 10.2 Å². The standard InChI is InChI=1S/C28H25F3N4O6S/c1-42(40,41)23-11-15(14-32)5-8-20(23)25-24-21(9-10-22(24)37)34(18-4-2-3-16(12-18)28(29,30)31)27(39)35(25)26(38)33-17-6-7-19(36)13-17/h2-5,8,11-12,17,19,25,36H,6-7,9-10,13H2,1H3,(H,33,38)/t17-,19-,25+/m0/s1. The Morgan fingerprint density at radius 3 is 2.48 bits per heavy atom. The summed E-state index contributed by atoms with van der Waals surface area (Å²) in [5.74, 6) is -0.516. The average molecular weight is 603 g/mol. The first-order chi connectivity index (χ1) is 19.7. The lowest BCUT2D eigenvalue weighted by Gasteiger charge is -2.41. The molecule has 2 aliphatic carbocycles. The number of ketones is 1. The van der Waals surface area contributed by atoms with Gasteiger partial charge in [0.25, 0.3) is 0 Å². The highest BCUT2D eigenvalue weighted by Crippen LogP contribution is 2.47. The number of amides is 4. The zero-order valence-corrected chi connectivity index (χ0v) is 23.0. The summed E-state index contributed by atoms with van der Waals surface area (Å²) in [4.78, 5) is 42.5. The highest BCUT2D eigenvalue weighted by atomic mass is 32.2. The summed E-state index contributed by atoms with van der Waals surface area (Å²) >= 11 is 0. The monoisotopic (exact) mass is 602 g/mol. The summed E-state index contributed by atoms with van der Waals surface area (Å²) in [6.07, 6.45) is -3.76. The summed E-state index contributed by atoms with van der Waals surface area (Å²) in [6, 6.07) is 5.15. The number of urea groups is 2. The van der Waals surface area contributed by atoms with Crippen molar-refractivity contribution in [2.75, 3.05) is 11.2 Å². The zero-order chi connectivity index (χ0) is 30.6. The van der Waals surface area contributed by atoms with Crippen molar-refractivity contribution in [3.05, 3.63) is 70.4 Å². The Labute approximate surface area is 238 Å². The Bertz CT molecular complexity index is 1680. The first-order valence-corrected chi connectivity index (χ1v) is 14.9. The van der Waals surface area contributed by atoms with Crippen LogP contribution in [0.5, 0.6) is 0 Å². The van der Waals surface area contributed by atoms with E-state index in [2.05, 4.69) is 5.32 Å². The molecular formula is C28H25F3N4O6S. The number of halogens is 3. The highest BCUT2D eigenvalue weighted by molar-refractivity contribution is 7.90. The fourth-order valence-electron chi connectivity index (χ4n) is 5.74. The van der Waals surface area contributed by atoms with Crippen molar-refractivity contribution < 1.29 is 41.1 Å². The van der Waals surface area contributed by atoms with Crippen LogP contribution in [0.1, 0.15) is 54.8 Å². The second-order valence-electron chi connectivity index (χ2n) is 10.5. The number of carbonyl (C=O) groups excluding carboxylic acids is 3. The van der Waals surface area contributed by atoms with Crippen molar-refractivity contribution in [1.29, 1.82) is 5.26 Å². The molecular weight excluding hydrogens is 577 g/mol. The van der Waals surface area contributed by atoms with Crippen LogP contribution in [0.25, 0.3) is 0 Å². The number of alkyl halides is 3. The summed E-state index contributed by atoms with van der Waals surface area (Å²) in [5.41, 5.74) is -1.47. The molecule has 3 aliphatic rings. The number of Topliss-reactive ketones (excluding diaryl/α,β-unsaturated/α-hetero) is 1. The van der Waals surface area contributed by atoms with Gasteiger partial charge in [-0.15, -0.1) is 0 Å². The van der Waals surface area contributed by atoms with Crippen LogP contribution in [-0.4, -0.2) is 54.7 Å². The molecule has 5 rings (SSSR count). The van der Waals surface area contributed by atoms with E-state index in [1.54, 1.807) is 0 Å². The number of nitriles is 1. The van der Waals surface area contributed by atoms with E-state index >= 15 is 0 Å². The number of allylic oxidation sites excluding steroid dienone is 1. The molecule has 10 nitrogen and oxygen atoms in total. The molecule has 0 radical (unpaired) electrons. The van der Waals surface area contributed by atoms with E-state index in [0.29, 0.717) is 17.7 Å². The molecule has 2 N–H and O–H groups in total. The van der Waals surface area contributed by atoms with Gasteiger partial charge in [0.1, 0.15) is 6.04 Å². The van der Waals surface area contributed by atoms with Crippen molar-refractivity contribution in [1.82, 2.24) is 10.2 Å². The predicted molar refractivity (Wildman–Crippen MR) is 142 cm³/mol. The summed E-state index contributed by atoms with van der Waals surface area (Å²) in [5, 5.41) is 22.0. The number of aliphatic hydroxyl groups is 1. The van der Waals surface area contributed by atoms with E-state index in [-0.39, 0.29) is 52.2 Å². The summed E-state index contributed by atoms with van der Waals surface area (Å²) < 4.78 is 66.5. The van der Waals surface area contributed by atoms with Crippen molar-refractivity contribution in [2.45, 2.75) is 61.4 Å². The van der Waals surface area contributed by atoms with Crippen molar-refractivity contribution in [3.63, 3.8) is 0 Å². The molecule has 2 aromatic carbocycles. The van der Waals surface area contributed by atoms with E-state index in [1.807, 2.05) is 6.07 Å². The second-order valence-corrected chi connectivity index (χ2v) is 12.5. The Hall–Kier alpha value is -4.22. The second kappa shape index (κ2) is 10.6. The zero-order valence-electron chi connectivity index (χ0n) is 22.2. The lowest BCUT2D eigenvalue weighted by molar-refractivity contribution is -0.137. The fraction of sp³-hybridized carbons (Fsp3) is 0.357. The molecule has 42 heavy (non-hydrogen) atoms. The number of hydrogen-bond acceptors (Lipinski definition) is 7. The molecule has 0 unspecified atom stereocenters. The van der Waals surface area contributed by atoms with Gasteiger partial charge in [-0.2, -0.15) is 18.4 Å². The minimum atomic E-state index is -4.74. The fourth-order valence-corrected chi connectivity index (χ4v) is 6.69. The van der Waals surface area contributed by atoms with E-state index in [1.165, 1.54) is 18.2 Å². The van der Waals surface area contributed by atoms with E-state index in [4.69, 9.17) is 0 Å². The Kier molecular flexibility index (Phi) is 7.36. The van der Waals surface area contributed by atoms with Crippen molar-refractivity contribution >= 4 is 33.4 Å². The molecule has 0 spiro atoms. The number of nitrogens with one attached hydrogen (secondary N) is 1. The smallest absolute Gasteiger partial charge is 0.393 e. The molecule has 1 fully saturated rings. The minimum absolute atomic E-state index is 0.0187. The summed E-state index contributed by atoms with van der Waals surface area (Å²) in [7, 11) is -4.07. The van der Waals surface area contributed by atoms with E-state index in [9.17, 15) is 46.3 Å². The van der Waals surface area contributed by atoms with Gasteiger partial charge in [-0.25, -0.2) is 22.9 Å².